The van der Waals surface area contributed by atoms with Crippen LogP contribution in [0.25, 0.3) is 0 Å². The molecule has 0 unspecified atom stereocenters. The lowest BCUT2D eigenvalue weighted by Crippen LogP contribution is -2.15. The number of thiazole rings is 1. The van der Waals surface area contributed by atoms with Crippen LogP contribution < -0.4 is 20.7 Å². The molecule has 3 amide bonds. The van der Waals surface area contributed by atoms with Gasteiger partial charge in [-0.1, -0.05) is 30.0 Å². The second-order valence-corrected chi connectivity index (χ2v) is 9.95. The molecule has 0 aliphatic heterocycles. The van der Waals surface area contributed by atoms with Gasteiger partial charge in [-0.2, -0.15) is 0 Å². The fraction of sp³-hybridized carbons (Fsp3) is 0.111. The van der Waals surface area contributed by atoms with Crippen LogP contribution in [0.4, 0.5) is 17.1 Å². The Labute approximate surface area is 222 Å². The maximum absolute atomic E-state index is 12.4. The van der Waals surface area contributed by atoms with Crippen molar-refractivity contribution in [1.29, 1.82) is 0 Å². The molecule has 0 fully saturated rings. The molecule has 1 heterocycles. The predicted octanol–water partition coefficient (Wildman–Crippen LogP) is 5.81. The lowest BCUT2D eigenvalue weighted by atomic mass is 10.2. The summed E-state index contributed by atoms with van der Waals surface area (Å²) in [4.78, 5) is 40.3. The van der Waals surface area contributed by atoms with Crippen LogP contribution in [-0.4, -0.2) is 28.5 Å². The fourth-order valence-electron chi connectivity index (χ4n) is 3.20. The molecule has 0 aliphatic rings. The Balaban J connectivity index is 1.20. The highest BCUT2D eigenvalue weighted by Gasteiger charge is 2.11. The molecule has 4 rings (SSSR count). The summed E-state index contributed by atoms with van der Waals surface area (Å²) in [5.41, 5.74) is 2.60. The number of hydrogen-bond donors (Lipinski definition) is 3. The van der Waals surface area contributed by atoms with E-state index in [0.29, 0.717) is 32.8 Å². The topological polar surface area (TPSA) is 109 Å². The number of ether oxygens (including phenoxy) is 1. The molecule has 37 heavy (non-hydrogen) atoms. The van der Waals surface area contributed by atoms with Crippen molar-refractivity contribution in [2.24, 2.45) is 0 Å². The smallest absolute Gasteiger partial charge is 0.234 e. The Morgan fingerprint density at radius 3 is 2.00 bits per heavy atom. The molecule has 188 valence electrons. The van der Waals surface area contributed by atoms with Gasteiger partial charge in [0, 0.05) is 29.4 Å². The number of carbonyl (C=O) groups is 3. The predicted molar refractivity (Wildman–Crippen MR) is 148 cm³/mol. The highest BCUT2D eigenvalue weighted by atomic mass is 32.2. The van der Waals surface area contributed by atoms with Crippen LogP contribution in [0.3, 0.4) is 0 Å². The number of benzene rings is 3. The third-order valence-corrected chi connectivity index (χ3v) is 6.87. The molecule has 0 saturated heterocycles. The second kappa shape index (κ2) is 12.7. The van der Waals surface area contributed by atoms with Crippen LogP contribution in [0.2, 0.25) is 0 Å². The van der Waals surface area contributed by atoms with Crippen LogP contribution in [-0.2, 0) is 20.8 Å². The standard InChI is InChI=1S/C27H24N4O4S2/c1-18(32)28-19-7-9-20(10-8-19)30-26(34)17-37-27-31-22(16-36-27)15-25(33)29-21-11-13-24(14-12-21)35-23-5-3-2-4-6-23/h2-14,16H,15,17H2,1H3,(H,28,32)(H,29,33)(H,30,34). The Kier molecular flexibility index (Phi) is 8.90. The zero-order chi connectivity index (χ0) is 26.0. The lowest BCUT2D eigenvalue weighted by Gasteiger charge is -2.07. The van der Waals surface area contributed by atoms with Gasteiger partial charge >= 0.3 is 0 Å². The maximum atomic E-state index is 12.4. The molecular weight excluding hydrogens is 508 g/mol. The molecule has 10 heteroatoms. The molecule has 8 nitrogen and oxygen atoms in total. The minimum absolute atomic E-state index is 0.131. The summed E-state index contributed by atoms with van der Waals surface area (Å²) in [6.07, 6.45) is 0.131. The van der Waals surface area contributed by atoms with Crippen molar-refractivity contribution in [3.8, 4) is 11.5 Å². The Morgan fingerprint density at radius 1 is 0.784 bits per heavy atom. The van der Waals surface area contributed by atoms with E-state index in [1.165, 1.54) is 30.0 Å². The van der Waals surface area contributed by atoms with Crippen molar-refractivity contribution in [2.75, 3.05) is 21.7 Å². The molecule has 0 aliphatic carbocycles. The number of rotatable bonds is 10. The van der Waals surface area contributed by atoms with Gasteiger partial charge in [-0.05, 0) is 60.7 Å². The lowest BCUT2D eigenvalue weighted by molar-refractivity contribution is -0.116. The number of nitrogens with one attached hydrogen (secondary N) is 3. The van der Waals surface area contributed by atoms with E-state index in [4.69, 9.17) is 4.74 Å². The van der Waals surface area contributed by atoms with Crippen LogP contribution >= 0.6 is 23.1 Å². The van der Waals surface area contributed by atoms with Crippen molar-refractivity contribution in [3.63, 3.8) is 0 Å². The van der Waals surface area contributed by atoms with Crippen LogP contribution in [0.15, 0.2) is 88.6 Å². The molecule has 4 aromatic rings. The summed E-state index contributed by atoms with van der Waals surface area (Å²) in [5.74, 6) is 1.09. The van der Waals surface area contributed by atoms with E-state index in [2.05, 4.69) is 20.9 Å². The molecule has 0 saturated carbocycles. The highest BCUT2D eigenvalue weighted by Crippen LogP contribution is 2.25. The van der Waals surface area contributed by atoms with Gasteiger partial charge in [0.05, 0.1) is 17.9 Å². The number of carbonyl (C=O) groups excluding carboxylic acids is 3. The van der Waals surface area contributed by atoms with Gasteiger partial charge in [0.1, 0.15) is 11.5 Å². The fourth-order valence-corrected chi connectivity index (χ4v) is 4.85. The van der Waals surface area contributed by atoms with Gasteiger partial charge in [0.25, 0.3) is 0 Å². The third kappa shape index (κ3) is 8.48. The monoisotopic (exact) mass is 532 g/mol. The van der Waals surface area contributed by atoms with Crippen molar-refractivity contribution >= 4 is 57.9 Å². The number of aromatic nitrogens is 1. The van der Waals surface area contributed by atoms with E-state index >= 15 is 0 Å². The van der Waals surface area contributed by atoms with Crippen LogP contribution in [0, 0.1) is 0 Å². The zero-order valence-electron chi connectivity index (χ0n) is 19.9. The molecule has 0 spiro atoms. The van der Waals surface area contributed by atoms with Crippen LogP contribution in [0.1, 0.15) is 12.6 Å². The molecule has 3 N–H and O–H groups in total. The number of amides is 3. The number of thioether (sulfide) groups is 1. The van der Waals surface area contributed by atoms with E-state index < -0.39 is 0 Å². The maximum Gasteiger partial charge on any atom is 0.234 e. The number of anilines is 3. The summed E-state index contributed by atoms with van der Waals surface area (Å²) in [6.45, 7) is 1.44. The summed E-state index contributed by atoms with van der Waals surface area (Å²) in [6, 6.07) is 23.5. The largest absolute Gasteiger partial charge is 0.457 e. The van der Waals surface area contributed by atoms with E-state index in [9.17, 15) is 14.4 Å². The van der Waals surface area contributed by atoms with Gasteiger partial charge in [0.15, 0.2) is 4.34 Å². The Bertz CT molecular complexity index is 1360. The van der Waals surface area contributed by atoms with E-state index in [1.807, 2.05) is 35.7 Å². The van der Waals surface area contributed by atoms with Crippen molar-refractivity contribution in [1.82, 2.24) is 4.98 Å². The first kappa shape index (κ1) is 25.9. The van der Waals surface area contributed by atoms with Gasteiger partial charge < -0.3 is 20.7 Å². The van der Waals surface area contributed by atoms with Crippen LogP contribution in [0.5, 0.6) is 11.5 Å². The minimum atomic E-state index is -0.181. The molecular formula is C27H24N4O4S2. The first-order valence-corrected chi connectivity index (χ1v) is 13.2. The normalized spacial score (nSPS) is 10.4. The quantitative estimate of drug-likeness (QED) is 0.223. The van der Waals surface area contributed by atoms with E-state index in [-0.39, 0.29) is 29.9 Å². The Hall–Kier alpha value is -4.15. The summed E-state index contributed by atoms with van der Waals surface area (Å²) in [5, 5.41) is 10.2. The first-order chi connectivity index (χ1) is 17.9. The average Bonchev–Trinajstić information content (AvgIpc) is 3.32. The minimum Gasteiger partial charge on any atom is -0.457 e. The summed E-state index contributed by atoms with van der Waals surface area (Å²) in [7, 11) is 0. The van der Waals surface area contributed by atoms with Crippen molar-refractivity contribution < 1.29 is 19.1 Å². The third-order valence-electron chi connectivity index (χ3n) is 4.81. The van der Waals surface area contributed by atoms with E-state index in [1.54, 1.807) is 48.5 Å². The summed E-state index contributed by atoms with van der Waals surface area (Å²) < 4.78 is 6.47. The van der Waals surface area contributed by atoms with Gasteiger partial charge in [-0.3, -0.25) is 14.4 Å². The van der Waals surface area contributed by atoms with Gasteiger partial charge in [-0.25, -0.2) is 4.98 Å². The first-order valence-electron chi connectivity index (χ1n) is 11.3. The van der Waals surface area contributed by atoms with Gasteiger partial charge in [-0.15, -0.1) is 11.3 Å². The summed E-state index contributed by atoms with van der Waals surface area (Å²) >= 11 is 2.70. The second-order valence-electron chi connectivity index (χ2n) is 7.86. The molecule has 0 atom stereocenters. The molecule has 0 radical (unpaired) electrons. The van der Waals surface area contributed by atoms with Crippen molar-refractivity contribution in [2.45, 2.75) is 17.7 Å². The van der Waals surface area contributed by atoms with Gasteiger partial charge in [0.2, 0.25) is 17.7 Å². The van der Waals surface area contributed by atoms with Crippen molar-refractivity contribution in [3.05, 3.63) is 89.9 Å². The highest BCUT2D eigenvalue weighted by molar-refractivity contribution is 8.01. The zero-order valence-corrected chi connectivity index (χ0v) is 21.5. The Morgan fingerprint density at radius 2 is 1.35 bits per heavy atom. The number of hydrogen-bond acceptors (Lipinski definition) is 7. The molecule has 0 bridgehead atoms. The SMILES string of the molecule is CC(=O)Nc1ccc(NC(=O)CSc2nc(CC(=O)Nc3ccc(Oc4ccccc4)cc3)cs2)cc1. The number of nitrogens with zero attached hydrogens (tertiary/aromatic N) is 1. The molecule has 3 aromatic carbocycles. The molecule has 1 aromatic heterocycles. The average molecular weight is 533 g/mol. The number of para-hydroxylation sites is 1. The van der Waals surface area contributed by atoms with E-state index in [0.717, 1.165) is 5.75 Å².